The van der Waals surface area contributed by atoms with E-state index in [9.17, 15) is 0 Å². The van der Waals surface area contributed by atoms with E-state index in [1.54, 1.807) is 0 Å². The van der Waals surface area contributed by atoms with Crippen LogP contribution in [0.4, 0.5) is 0 Å². The normalized spacial score (nSPS) is 33.5. The minimum atomic E-state index is 0.150. The van der Waals surface area contributed by atoms with Crippen molar-refractivity contribution in [1.82, 2.24) is 10.6 Å². The topological polar surface area (TPSA) is 33.3 Å². The predicted molar refractivity (Wildman–Crippen MR) is 56.1 cm³/mol. The van der Waals surface area contributed by atoms with E-state index >= 15 is 0 Å². The number of thioether (sulfide) groups is 1. The van der Waals surface area contributed by atoms with Crippen molar-refractivity contribution in [2.24, 2.45) is 0 Å². The fourth-order valence-electron chi connectivity index (χ4n) is 2.02. The second-order valence-electron chi connectivity index (χ2n) is 3.85. The Bertz CT molecular complexity index is 161. The first kappa shape index (κ1) is 9.77. The van der Waals surface area contributed by atoms with Crippen molar-refractivity contribution in [2.45, 2.75) is 23.8 Å². The summed E-state index contributed by atoms with van der Waals surface area (Å²) in [4.78, 5) is 0. The molecule has 2 rings (SSSR count). The van der Waals surface area contributed by atoms with E-state index in [0.717, 1.165) is 39.1 Å². The summed E-state index contributed by atoms with van der Waals surface area (Å²) in [6.07, 6.45) is 4.43. The highest BCUT2D eigenvalue weighted by molar-refractivity contribution is 7.99. The summed E-state index contributed by atoms with van der Waals surface area (Å²) in [5, 5.41) is 7.41. The molecule has 2 aliphatic rings. The van der Waals surface area contributed by atoms with Gasteiger partial charge in [-0.05, 0) is 32.2 Å². The molecule has 76 valence electrons. The Kier molecular flexibility index (Phi) is 3.14. The van der Waals surface area contributed by atoms with Gasteiger partial charge in [-0.3, -0.25) is 0 Å². The van der Waals surface area contributed by atoms with Crippen LogP contribution in [-0.4, -0.2) is 43.5 Å². The average Bonchev–Trinajstić information content (AvgIpc) is 2.20. The van der Waals surface area contributed by atoms with Gasteiger partial charge in [0.2, 0.25) is 0 Å². The fraction of sp³-hybridized carbons (Fsp3) is 1.00. The van der Waals surface area contributed by atoms with Crippen molar-refractivity contribution in [3.05, 3.63) is 0 Å². The van der Waals surface area contributed by atoms with Crippen molar-refractivity contribution in [3.8, 4) is 0 Å². The summed E-state index contributed by atoms with van der Waals surface area (Å²) in [6.45, 7) is 4.10. The molecule has 0 aromatic heterocycles. The second-order valence-corrected chi connectivity index (χ2v) is 4.89. The van der Waals surface area contributed by atoms with E-state index in [4.69, 9.17) is 4.74 Å². The maximum atomic E-state index is 5.99. The summed E-state index contributed by atoms with van der Waals surface area (Å²) >= 11 is 1.84. The zero-order valence-electron chi connectivity index (χ0n) is 8.14. The van der Waals surface area contributed by atoms with Crippen LogP contribution >= 0.6 is 11.8 Å². The molecule has 2 fully saturated rings. The number of hydrogen-bond acceptors (Lipinski definition) is 4. The first-order valence-corrected chi connectivity index (χ1v) is 6.24. The molecule has 0 saturated carbocycles. The lowest BCUT2D eigenvalue weighted by Gasteiger charge is -2.43. The van der Waals surface area contributed by atoms with Crippen molar-refractivity contribution in [2.75, 3.05) is 32.5 Å². The maximum absolute atomic E-state index is 5.99. The number of rotatable bonds is 1. The van der Waals surface area contributed by atoms with Crippen molar-refractivity contribution < 1.29 is 4.74 Å². The van der Waals surface area contributed by atoms with Gasteiger partial charge in [-0.25, -0.2) is 0 Å². The van der Waals surface area contributed by atoms with Gasteiger partial charge in [0, 0.05) is 6.54 Å². The summed E-state index contributed by atoms with van der Waals surface area (Å²) in [7, 11) is 0. The Balaban J connectivity index is 1.87. The molecule has 2 saturated heterocycles. The number of nitrogens with one attached hydrogen (secondary N) is 2. The largest absolute Gasteiger partial charge is 0.371 e. The van der Waals surface area contributed by atoms with E-state index in [2.05, 4.69) is 16.9 Å². The Morgan fingerprint density at radius 1 is 1.38 bits per heavy atom. The smallest absolute Gasteiger partial charge is 0.0832 e. The minimum Gasteiger partial charge on any atom is -0.371 e. The van der Waals surface area contributed by atoms with E-state index in [1.165, 1.54) is 0 Å². The van der Waals surface area contributed by atoms with E-state index in [0.29, 0.717) is 5.37 Å². The molecular formula is C9H18N2OS. The molecule has 0 aliphatic carbocycles. The van der Waals surface area contributed by atoms with Crippen molar-refractivity contribution in [3.63, 3.8) is 0 Å². The first-order valence-electron chi connectivity index (χ1n) is 4.95. The molecule has 0 radical (unpaired) electrons. The van der Waals surface area contributed by atoms with Gasteiger partial charge in [-0.2, -0.15) is 0 Å². The first-order chi connectivity index (χ1) is 6.35. The van der Waals surface area contributed by atoms with Gasteiger partial charge in [-0.15, -0.1) is 11.8 Å². The lowest BCUT2D eigenvalue weighted by atomic mass is 9.91. The van der Waals surface area contributed by atoms with Crippen LogP contribution in [0.15, 0.2) is 0 Å². The Labute approximate surface area is 84.0 Å². The van der Waals surface area contributed by atoms with Crippen molar-refractivity contribution in [1.29, 1.82) is 0 Å². The van der Waals surface area contributed by atoms with Crippen LogP contribution in [0.2, 0.25) is 0 Å². The molecule has 2 heterocycles. The molecule has 1 atom stereocenters. The number of hydrogen-bond donors (Lipinski definition) is 2. The van der Waals surface area contributed by atoms with E-state index in [1.807, 2.05) is 11.8 Å². The van der Waals surface area contributed by atoms with Gasteiger partial charge in [0.25, 0.3) is 0 Å². The monoisotopic (exact) mass is 202 g/mol. The molecule has 1 unspecified atom stereocenters. The predicted octanol–water partition coefficient (Wildman–Crippen LogP) is 0.418. The molecule has 2 N–H and O–H groups in total. The SMILES string of the molecule is CSC1COC2(CCNCC2)CN1. The zero-order chi connectivity index (χ0) is 9.15. The van der Waals surface area contributed by atoms with Crippen molar-refractivity contribution >= 4 is 11.8 Å². The summed E-state index contributed by atoms with van der Waals surface area (Å²) in [6, 6.07) is 0. The fourth-order valence-corrected chi connectivity index (χ4v) is 2.47. The Morgan fingerprint density at radius 3 is 2.69 bits per heavy atom. The molecule has 13 heavy (non-hydrogen) atoms. The van der Waals surface area contributed by atoms with Crippen LogP contribution in [0.3, 0.4) is 0 Å². The van der Waals surface area contributed by atoms with Crippen LogP contribution < -0.4 is 10.6 Å². The summed E-state index contributed by atoms with van der Waals surface area (Å²) < 4.78 is 5.99. The molecule has 1 spiro atoms. The highest BCUT2D eigenvalue weighted by atomic mass is 32.2. The number of piperidine rings is 1. The number of ether oxygens (including phenoxy) is 1. The van der Waals surface area contributed by atoms with Gasteiger partial charge >= 0.3 is 0 Å². The molecule has 0 amide bonds. The summed E-state index contributed by atoms with van der Waals surface area (Å²) in [5.41, 5.74) is 0.150. The molecule has 0 aromatic rings. The third-order valence-electron chi connectivity index (χ3n) is 2.99. The second kappa shape index (κ2) is 4.17. The Hall–Kier alpha value is 0.230. The molecule has 3 nitrogen and oxygen atoms in total. The quantitative estimate of drug-likeness (QED) is 0.645. The Morgan fingerprint density at radius 2 is 2.15 bits per heavy atom. The van der Waals surface area contributed by atoms with Gasteiger partial charge < -0.3 is 15.4 Å². The van der Waals surface area contributed by atoms with Crippen LogP contribution in [0.1, 0.15) is 12.8 Å². The maximum Gasteiger partial charge on any atom is 0.0832 e. The molecule has 0 aromatic carbocycles. The molecular weight excluding hydrogens is 184 g/mol. The third kappa shape index (κ3) is 2.18. The molecule has 2 aliphatic heterocycles. The highest BCUT2D eigenvalue weighted by Gasteiger charge is 2.36. The molecule has 0 bridgehead atoms. The van der Waals surface area contributed by atoms with Gasteiger partial charge in [0.15, 0.2) is 0 Å². The van der Waals surface area contributed by atoms with Crippen LogP contribution in [-0.2, 0) is 4.74 Å². The lowest BCUT2D eigenvalue weighted by Crippen LogP contribution is -2.57. The number of morpholine rings is 1. The van der Waals surface area contributed by atoms with Crippen LogP contribution in [0, 0.1) is 0 Å². The van der Waals surface area contributed by atoms with Gasteiger partial charge in [0.05, 0.1) is 17.6 Å². The lowest BCUT2D eigenvalue weighted by molar-refractivity contribution is -0.0878. The minimum absolute atomic E-state index is 0.150. The standard InChI is InChI=1S/C9H18N2OS/c1-13-8-6-12-9(7-11-8)2-4-10-5-3-9/h8,10-11H,2-7H2,1H3. The van der Waals surface area contributed by atoms with E-state index < -0.39 is 0 Å². The van der Waals surface area contributed by atoms with Gasteiger partial charge in [0.1, 0.15) is 0 Å². The van der Waals surface area contributed by atoms with Crippen LogP contribution in [0.5, 0.6) is 0 Å². The van der Waals surface area contributed by atoms with E-state index in [-0.39, 0.29) is 5.60 Å². The molecule has 4 heteroatoms. The average molecular weight is 202 g/mol. The zero-order valence-corrected chi connectivity index (χ0v) is 8.95. The van der Waals surface area contributed by atoms with Crippen LogP contribution in [0.25, 0.3) is 0 Å². The highest BCUT2D eigenvalue weighted by Crippen LogP contribution is 2.27. The third-order valence-corrected chi connectivity index (χ3v) is 3.86. The summed E-state index contributed by atoms with van der Waals surface area (Å²) in [5.74, 6) is 0. The van der Waals surface area contributed by atoms with Gasteiger partial charge in [-0.1, -0.05) is 0 Å².